The van der Waals surface area contributed by atoms with Crippen LogP contribution in [0.2, 0.25) is 0 Å². The van der Waals surface area contributed by atoms with Crippen LogP contribution in [0.1, 0.15) is 65.2 Å². The molecule has 2 aliphatic rings. The standard InChI is InChI=1S/C30H31N3O4/c1-17-6-9-19-12-27(34)23(22(19)10-17)14-21(16-31)32-30(36)20(11-18-7-8-18)13-28(35)26-15-24-25(33-26)4-3-5-29(24)37-2/h3-6,9-10,15,18,20-21,23,33H,7-8,11-14H2,1-2H3,(H,32,36). The third kappa shape index (κ3) is 5.29. The summed E-state index contributed by atoms with van der Waals surface area (Å²) in [5.74, 6) is -0.191. The number of hydrogen-bond acceptors (Lipinski definition) is 5. The van der Waals surface area contributed by atoms with E-state index in [1.807, 2.05) is 43.3 Å². The van der Waals surface area contributed by atoms with E-state index in [1.165, 1.54) is 0 Å². The van der Waals surface area contributed by atoms with Crippen molar-refractivity contribution in [2.45, 2.75) is 57.4 Å². The van der Waals surface area contributed by atoms with Gasteiger partial charge in [0.25, 0.3) is 0 Å². The second kappa shape index (κ2) is 10.2. The van der Waals surface area contributed by atoms with Gasteiger partial charge < -0.3 is 15.0 Å². The number of ketones is 2. The molecular weight excluding hydrogens is 466 g/mol. The molecule has 1 fully saturated rings. The first-order chi connectivity index (χ1) is 17.9. The minimum atomic E-state index is -0.804. The molecule has 3 atom stereocenters. The predicted molar refractivity (Wildman–Crippen MR) is 139 cm³/mol. The van der Waals surface area contributed by atoms with Gasteiger partial charge in [-0.1, -0.05) is 42.7 Å². The van der Waals surface area contributed by atoms with E-state index in [4.69, 9.17) is 4.74 Å². The second-order valence-electron chi connectivity index (χ2n) is 10.4. The Balaban J connectivity index is 1.29. The number of nitrogens with one attached hydrogen (secondary N) is 2. The quantitative estimate of drug-likeness (QED) is 0.392. The molecule has 3 unspecified atom stereocenters. The molecule has 1 saturated carbocycles. The van der Waals surface area contributed by atoms with Crippen molar-refractivity contribution in [3.8, 4) is 11.8 Å². The van der Waals surface area contributed by atoms with E-state index >= 15 is 0 Å². The van der Waals surface area contributed by atoms with Crippen LogP contribution in [0.5, 0.6) is 5.75 Å². The fourth-order valence-electron chi connectivity index (χ4n) is 5.44. The minimum absolute atomic E-state index is 0.0556. The van der Waals surface area contributed by atoms with Gasteiger partial charge in [-0.15, -0.1) is 0 Å². The number of methoxy groups -OCH3 is 1. The van der Waals surface area contributed by atoms with Crippen molar-refractivity contribution in [2.75, 3.05) is 7.11 Å². The monoisotopic (exact) mass is 497 g/mol. The molecule has 0 bridgehead atoms. The van der Waals surface area contributed by atoms with Crippen molar-refractivity contribution in [2.24, 2.45) is 11.8 Å². The van der Waals surface area contributed by atoms with Gasteiger partial charge in [-0.3, -0.25) is 14.4 Å². The molecule has 7 heteroatoms. The number of fused-ring (bicyclic) bond motifs is 2. The number of carbonyl (C=O) groups excluding carboxylic acids is 3. The van der Waals surface area contributed by atoms with Crippen LogP contribution >= 0.6 is 0 Å². The van der Waals surface area contributed by atoms with Gasteiger partial charge in [0.1, 0.15) is 17.6 Å². The molecule has 7 nitrogen and oxygen atoms in total. The molecule has 1 aromatic heterocycles. The number of nitrogens with zero attached hydrogens (tertiary/aromatic N) is 1. The Bertz CT molecular complexity index is 1410. The van der Waals surface area contributed by atoms with Crippen LogP contribution in [0.3, 0.4) is 0 Å². The maximum atomic E-state index is 13.3. The van der Waals surface area contributed by atoms with Crippen molar-refractivity contribution >= 4 is 28.4 Å². The van der Waals surface area contributed by atoms with Crippen LogP contribution < -0.4 is 10.1 Å². The van der Waals surface area contributed by atoms with Crippen LogP contribution in [0, 0.1) is 30.1 Å². The van der Waals surface area contributed by atoms with Crippen LogP contribution in [-0.2, 0) is 16.0 Å². The van der Waals surface area contributed by atoms with Crippen molar-refractivity contribution in [3.05, 3.63) is 64.8 Å². The number of hydrogen-bond donors (Lipinski definition) is 2. The van der Waals surface area contributed by atoms with E-state index in [0.29, 0.717) is 30.2 Å². The van der Waals surface area contributed by atoms with Crippen LogP contribution in [0.4, 0.5) is 0 Å². The Morgan fingerprint density at radius 3 is 2.73 bits per heavy atom. The maximum absolute atomic E-state index is 13.3. The van der Waals surface area contributed by atoms with Crippen LogP contribution in [-0.4, -0.2) is 35.6 Å². The van der Waals surface area contributed by atoms with Gasteiger partial charge in [0.15, 0.2) is 5.78 Å². The third-order valence-electron chi connectivity index (χ3n) is 7.64. The number of Topliss-reactive ketones (excluding diaryl/α,β-unsaturated/α-hetero) is 2. The molecule has 190 valence electrons. The van der Waals surface area contributed by atoms with Gasteiger partial charge in [0.05, 0.1) is 18.9 Å². The molecule has 2 N–H and O–H groups in total. The summed E-state index contributed by atoms with van der Waals surface area (Å²) in [6.45, 7) is 1.98. The lowest BCUT2D eigenvalue weighted by molar-refractivity contribution is -0.126. The average Bonchev–Trinajstić information content (AvgIpc) is 3.51. The fraction of sp³-hybridized carbons (Fsp3) is 0.400. The first-order valence-electron chi connectivity index (χ1n) is 12.9. The molecule has 0 spiro atoms. The Kier molecular flexibility index (Phi) is 6.84. The highest BCUT2D eigenvalue weighted by molar-refractivity contribution is 6.02. The van der Waals surface area contributed by atoms with Gasteiger partial charge in [0, 0.05) is 35.6 Å². The number of rotatable bonds is 10. The lowest BCUT2D eigenvalue weighted by atomic mass is 9.91. The number of nitriles is 1. The van der Waals surface area contributed by atoms with Gasteiger partial charge in [-0.25, -0.2) is 0 Å². The fourth-order valence-corrected chi connectivity index (χ4v) is 5.44. The lowest BCUT2D eigenvalue weighted by Crippen LogP contribution is -2.40. The van der Waals surface area contributed by atoms with Crippen molar-refractivity contribution in [1.29, 1.82) is 5.26 Å². The SMILES string of the molecule is COc1cccc2[nH]c(C(=O)CC(CC3CC3)C(=O)NC(C#N)CC3C(=O)Cc4ccc(C)cc43)cc12. The van der Waals surface area contributed by atoms with Gasteiger partial charge in [-0.05, 0) is 55.0 Å². The smallest absolute Gasteiger partial charge is 0.224 e. The summed E-state index contributed by atoms with van der Waals surface area (Å²) in [6, 6.07) is 14.7. The minimum Gasteiger partial charge on any atom is -0.496 e. The number of aromatic nitrogens is 1. The number of amides is 1. The Hall–Kier alpha value is -3.92. The zero-order valence-corrected chi connectivity index (χ0v) is 21.2. The summed E-state index contributed by atoms with van der Waals surface area (Å²) < 4.78 is 5.40. The molecule has 5 rings (SSSR count). The topological polar surface area (TPSA) is 112 Å². The van der Waals surface area contributed by atoms with Crippen molar-refractivity contribution < 1.29 is 19.1 Å². The molecule has 37 heavy (non-hydrogen) atoms. The van der Waals surface area contributed by atoms with Gasteiger partial charge in [-0.2, -0.15) is 5.26 Å². The summed E-state index contributed by atoms with van der Waals surface area (Å²) in [5.41, 5.74) is 4.25. The highest BCUT2D eigenvalue weighted by Crippen LogP contribution is 2.38. The normalized spacial score (nSPS) is 18.2. The van der Waals surface area contributed by atoms with Gasteiger partial charge in [0.2, 0.25) is 5.91 Å². The molecule has 0 radical (unpaired) electrons. The number of ether oxygens (including phenoxy) is 1. The second-order valence-corrected chi connectivity index (χ2v) is 10.4. The van der Waals surface area contributed by atoms with Crippen molar-refractivity contribution in [3.63, 3.8) is 0 Å². The summed E-state index contributed by atoms with van der Waals surface area (Å²) >= 11 is 0. The zero-order valence-electron chi connectivity index (χ0n) is 21.2. The van der Waals surface area contributed by atoms with Crippen molar-refractivity contribution in [1.82, 2.24) is 10.3 Å². The lowest BCUT2D eigenvalue weighted by Gasteiger charge is -2.20. The summed E-state index contributed by atoms with van der Waals surface area (Å²) in [7, 11) is 1.59. The molecule has 2 aromatic carbocycles. The van der Waals surface area contributed by atoms with Crippen LogP contribution in [0.15, 0.2) is 42.5 Å². The Morgan fingerprint density at radius 1 is 1.19 bits per heavy atom. The Labute approximate surface area is 216 Å². The largest absolute Gasteiger partial charge is 0.496 e. The molecule has 3 aromatic rings. The predicted octanol–water partition coefficient (Wildman–Crippen LogP) is 4.78. The summed E-state index contributed by atoms with van der Waals surface area (Å²) in [5, 5.41) is 13.5. The molecule has 2 aliphatic carbocycles. The number of H-pyrrole nitrogens is 1. The maximum Gasteiger partial charge on any atom is 0.224 e. The van der Waals surface area contributed by atoms with E-state index in [-0.39, 0.29) is 30.3 Å². The van der Waals surface area contributed by atoms with E-state index in [9.17, 15) is 19.6 Å². The number of carbonyl (C=O) groups is 3. The molecule has 1 heterocycles. The van der Waals surface area contributed by atoms with E-state index in [2.05, 4.69) is 16.4 Å². The molecule has 1 amide bonds. The number of aryl methyl sites for hydroxylation is 1. The summed E-state index contributed by atoms with van der Waals surface area (Å²) in [4.78, 5) is 42.4. The molecule has 0 aliphatic heterocycles. The highest BCUT2D eigenvalue weighted by Gasteiger charge is 2.35. The first-order valence-corrected chi connectivity index (χ1v) is 12.9. The highest BCUT2D eigenvalue weighted by atomic mass is 16.5. The molecule has 0 saturated heterocycles. The summed E-state index contributed by atoms with van der Waals surface area (Å²) in [6.07, 6.45) is 3.37. The first kappa shape index (κ1) is 24.8. The van der Waals surface area contributed by atoms with E-state index in [1.54, 1.807) is 13.2 Å². The van der Waals surface area contributed by atoms with Gasteiger partial charge >= 0.3 is 0 Å². The molecular formula is C30H31N3O4. The Morgan fingerprint density at radius 2 is 2.00 bits per heavy atom. The average molecular weight is 498 g/mol. The van der Waals surface area contributed by atoms with E-state index in [0.717, 1.165) is 40.4 Å². The van der Waals surface area contributed by atoms with E-state index < -0.39 is 17.9 Å². The number of benzene rings is 2. The zero-order chi connectivity index (χ0) is 26.1. The third-order valence-corrected chi connectivity index (χ3v) is 7.64. The van der Waals surface area contributed by atoms with Crippen LogP contribution in [0.25, 0.3) is 10.9 Å². The number of aromatic amines is 1.